The van der Waals surface area contributed by atoms with Crippen molar-refractivity contribution in [2.45, 2.75) is 25.3 Å². The highest BCUT2D eigenvalue weighted by Gasteiger charge is 2.27. The van der Waals surface area contributed by atoms with Crippen LogP contribution in [0.5, 0.6) is 0 Å². The maximum Gasteiger partial charge on any atom is 0.0701 e. The largest absolute Gasteiger partial charge is 0.382 e. The fraction of sp³-hybridized carbons (Fsp3) is 0.923. The average Bonchev–Trinajstić information content (AvgIpc) is 3.20. The van der Waals surface area contributed by atoms with Crippen molar-refractivity contribution < 1.29 is 14.2 Å². The van der Waals surface area contributed by atoms with E-state index in [1.54, 1.807) is 7.11 Å². The van der Waals surface area contributed by atoms with Crippen LogP contribution in [0, 0.1) is 11.3 Å². The van der Waals surface area contributed by atoms with Gasteiger partial charge >= 0.3 is 0 Å². The summed E-state index contributed by atoms with van der Waals surface area (Å²) >= 11 is 0. The van der Waals surface area contributed by atoms with Crippen molar-refractivity contribution in [3.8, 4) is 6.07 Å². The first kappa shape index (κ1) is 15.4. The lowest BCUT2D eigenvalue weighted by Crippen LogP contribution is -2.31. The fourth-order valence-corrected chi connectivity index (χ4v) is 1.76. The molecule has 5 heteroatoms. The second-order valence-electron chi connectivity index (χ2n) is 4.39. The summed E-state index contributed by atoms with van der Waals surface area (Å²) in [5, 5.41) is 8.60. The molecule has 0 atom stereocenters. The van der Waals surface area contributed by atoms with Crippen LogP contribution < -0.4 is 0 Å². The summed E-state index contributed by atoms with van der Waals surface area (Å²) in [5.41, 5.74) is 0. The highest BCUT2D eigenvalue weighted by Crippen LogP contribution is 2.26. The topological polar surface area (TPSA) is 54.7 Å². The lowest BCUT2D eigenvalue weighted by molar-refractivity contribution is 0.0191. The van der Waals surface area contributed by atoms with Gasteiger partial charge in [0.05, 0.1) is 39.1 Å². The molecule has 18 heavy (non-hydrogen) atoms. The number of hydrogen-bond acceptors (Lipinski definition) is 5. The van der Waals surface area contributed by atoms with Crippen LogP contribution >= 0.6 is 0 Å². The zero-order valence-electron chi connectivity index (χ0n) is 11.3. The van der Waals surface area contributed by atoms with Crippen molar-refractivity contribution in [2.24, 2.45) is 0 Å². The first-order chi connectivity index (χ1) is 8.88. The maximum atomic E-state index is 8.60. The molecule has 0 aromatic heterocycles. The van der Waals surface area contributed by atoms with Crippen LogP contribution in [0.3, 0.4) is 0 Å². The molecule has 5 nitrogen and oxygen atoms in total. The van der Waals surface area contributed by atoms with Gasteiger partial charge in [0.25, 0.3) is 0 Å². The van der Waals surface area contributed by atoms with Crippen LogP contribution in [0.2, 0.25) is 0 Å². The predicted molar refractivity (Wildman–Crippen MR) is 68.3 cm³/mol. The number of hydrogen-bond donors (Lipinski definition) is 0. The van der Waals surface area contributed by atoms with E-state index in [4.69, 9.17) is 19.5 Å². The first-order valence-corrected chi connectivity index (χ1v) is 6.64. The van der Waals surface area contributed by atoms with E-state index in [0.717, 1.165) is 19.7 Å². The minimum atomic E-state index is 0.608. The SMILES string of the molecule is COCCOCCOCCN(CCC#N)C1CC1. The third-order valence-electron chi connectivity index (χ3n) is 2.90. The molecule has 0 aliphatic heterocycles. The number of ether oxygens (including phenoxy) is 3. The normalized spacial score (nSPS) is 14.9. The van der Waals surface area contributed by atoms with Gasteiger partial charge in [0.1, 0.15) is 0 Å². The van der Waals surface area contributed by atoms with Gasteiger partial charge in [-0.05, 0) is 12.8 Å². The van der Waals surface area contributed by atoms with Gasteiger partial charge in [0, 0.05) is 32.7 Å². The Morgan fingerprint density at radius 1 is 1.06 bits per heavy atom. The van der Waals surface area contributed by atoms with Crippen LogP contribution in [-0.2, 0) is 14.2 Å². The molecule has 0 N–H and O–H groups in total. The van der Waals surface area contributed by atoms with Gasteiger partial charge in [-0.2, -0.15) is 5.26 Å². The van der Waals surface area contributed by atoms with Crippen molar-refractivity contribution in [1.82, 2.24) is 4.90 Å². The third kappa shape index (κ3) is 7.62. The Bertz CT molecular complexity index is 239. The molecule has 1 aliphatic carbocycles. The van der Waals surface area contributed by atoms with Gasteiger partial charge in [-0.3, -0.25) is 4.90 Å². The summed E-state index contributed by atoms with van der Waals surface area (Å²) in [4.78, 5) is 2.36. The number of methoxy groups -OCH3 is 1. The molecule has 0 bridgehead atoms. The van der Waals surface area contributed by atoms with E-state index in [1.807, 2.05) is 0 Å². The molecular weight excluding hydrogens is 232 g/mol. The van der Waals surface area contributed by atoms with E-state index in [-0.39, 0.29) is 0 Å². The summed E-state index contributed by atoms with van der Waals surface area (Å²) in [7, 11) is 1.66. The van der Waals surface area contributed by atoms with E-state index in [2.05, 4.69) is 11.0 Å². The molecule has 0 radical (unpaired) electrons. The number of rotatable bonds is 12. The molecule has 0 saturated heterocycles. The van der Waals surface area contributed by atoms with Crippen molar-refractivity contribution in [3.05, 3.63) is 0 Å². The Labute approximate surface area is 110 Å². The summed E-state index contributed by atoms with van der Waals surface area (Å²) in [5.74, 6) is 0. The zero-order chi connectivity index (χ0) is 13.1. The highest BCUT2D eigenvalue weighted by molar-refractivity contribution is 4.86. The molecule has 0 spiro atoms. The lowest BCUT2D eigenvalue weighted by Gasteiger charge is -2.20. The molecule has 0 aromatic carbocycles. The Balaban J connectivity index is 1.90. The van der Waals surface area contributed by atoms with Gasteiger partial charge in [-0.25, -0.2) is 0 Å². The summed E-state index contributed by atoms with van der Waals surface area (Å²) < 4.78 is 15.7. The Hall–Kier alpha value is -0.670. The van der Waals surface area contributed by atoms with Crippen LogP contribution in [0.15, 0.2) is 0 Å². The van der Waals surface area contributed by atoms with E-state index in [1.165, 1.54) is 12.8 Å². The molecule has 1 rings (SSSR count). The molecule has 0 unspecified atom stereocenters. The molecule has 0 amide bonds. The Kier molecular flexibility index (Phi) is 8.78. The lowest BCUT2D eigenvalue weighted by atomic mass is 10.4. The molecule has 0 aromatic rings. The second kappa shape index (κ2) is 10.3. The van der Waals surface area contributed by atoms with Crippen LogP contribution in [0.25, 0.3) is 0 Å². The summed E-state index contributed by atoms with van der Waals surface area (Å²) in [6, 6.07) is 2.89. The fourth-order valence-electron chi connectivity index (χ4n) is 1.76. The van der Waals surface area contributed by atoms with Gasteiger partial charge in [-0.15, -0.1) is 0 Å². The third-order valence-corrected chi connectivity index (χ3v) is 2.90. The summed E-state index contributed by atoms with van der Waals surface area (Å²) in [6.45, 7) is 5.00. The zero-order valence-corrected chi connectivity index (χ0v) is 11.3. The minimum Gasteiger partial charge on any atom is -0.382 e. The smallest absolute Gasteiger partial charge is 0.0701 e. The number of nitrogens with zero attached hydrogens (tertiary/aromatic N) is 2. The second-order valence-corrected chi connectivity index (χ2v) is 4.39. The standard InChI is InChI=1S/C13H24N2O3/c1-16-9-10-18-12-11-17-8-7-15(6-2-5-14)13-3-4-13/h13H,2-4,6-12H2,1H3. The van der Waals surface area contributed by atoms with E-state index < -0.39 is 0 Å². The molecule has 1 fully saturated rings. The van der Waals surface area contributed by atoms with Crippen molar-refractivity contribution in [2.75, 3.05) is 53.2 Å². The van der Waals surface area contributed by atoms with Crippen LogP contribution in [0.4, 0.5) is 0 Å². The van der Waals surface area contributed by atoms with Crippen molar-refractivity contribution >= 4 is 0 Å². The van der Waals surface area contributed by atoms with E-state index in [9.17, 15) is 0 Å². The van der Waals surface area contributed by atoms with Gasteiger partial charge in [0.15, 0.2) is 0 Å². The van der Waals surface area contributed by atoms with Gasteiger partial charge in [-0.1, -0.05) is 0 Å². The monoisotopic (exact) mass is 256 g/mol. The predicted octanol–water partition coefficient (Wildman–Crippen LogP) is 1.04. The Morgan fingerprint density at radius 2 is 1.72 bits per heavy atom. The van der Waals surface area contributed by atoms with Gasteiger partial charge in [0.2, 0.25) is 0 Å². The molecule has 1 aliphatic rings. The average molecular weight is 256 g/mol. The Morgan fingerprint density at radius 3 is 2.33 bits per heavy atom. The molecule has 0 heterocycles. The minimum absolute atomic E-state index is 0.608. The molecule has 1 saturated carbocycles. The first-order valence-electron chi connectivity index (χ1n) is 6.64. The van der Waals surface area contributed by atoms with E-state index >= 15 is 0 Å². The van der Waals surface area contributed by atoms with Crippen LogP contribution in [0.1, 0.15) is 19.3 Å². The van der Waals surface area contributed by atoms with Crippen molar-refractivity contribution in [1.29, 1.82) is 5.26 Å². The summed E-state index contributed by atoms with van der Waals surface area (Å²) in [6.07, 6.45) is 3.15. The van der Waals surface area contributed by atoms with Crippen LogP contribution in [-0.4, -0.2) is 64.2 Å². The van der Waals surface area contributed by atoms with Gasteiger partial charge < -0.3 is 14.2 Å². The number of nitriles is 1. The molecular formula is C13H24N2O3. The quantitative estimate of drug-likeness (QED) is 0.488. The maximum absolute atomic E-state index is 8.60. The highest BCUT2D eigenvalue weighted by atomic mass is 16.5. The van der Waals surface area contributed by atoms with E-state index in [0.29, 0.717) is 38.9 Å². The molecule has 104 valence electrons. The van der Waals surface area contributed by atoms with Crippen molar-refractivity contribution in [3.63, 3.8) is 0 Å².